The van der Waals surface area contributed by atoms with Crippen LogP contribution in [0, 0.1) is 5.92 Å². The zero-order valence-electron chi connectivity index (χ0n) is 14.7. The molecule has 0 N–H and O–H groups in total. The minimum atomic E-state index is -0.341. The second-order valence-corrected chi connectivity index (χ2v) is 6.25. The van der Waals surface area contributed by atoms with E-state index < -0.39 is 0 Å². The number of hydrogen-bond acceptors (Lipinski definition) is 5. The van der Waals surface area contributed by atoms with Crippen LogP contribution in [0.5, 0.6) is 0 Å². The maximum Gasteiger partial charge on any atom is 0.335 e. The van der Waals surface area contributed by atoms with E-state index in [1.807, 2.05) is 50.2 Å². The number of fused-ring (bicyclic) bond motifs is 1. The number of halogens is 1. The van der Waals surface area contributed by atoms with E-state index in [0.29, 0.717) is 18.7 Å². The standard InChI is InChI=1S/C19H20N4O2.ClH/c1-14(2)9-19(24)25-22-18(11-23-13-20-12-21-23)17-8-7-15-5-3-4-6-16(15)10-17;/h3-8,10,12-14H,9,11H2,1-2H3;1H/b22-18+;. The van der Waals surface area contributed by atoms with Crippen LogP contribution in [-0.2, 0) is 16.2 Å². The highest BCUT2D eigenvalue weighted by molar-refractivity contribution is 6.03. The normalized spacial score (nSPS) is 11.4. The number of aromatic nitrogens is 3. The Hall–Kier alpha value is -2.73. The number of carbonyl (C=O) groups excluding carboxylic acids is 1. The van der Waals surface area contributed by atoms with Gasteiger partial charge in [-0.25, -0.2) is 14.5 Å². The summed E-state index contributed by atoms with van der Waals surface area (Å²) in [6.45, 7) is 4.29. The molecule has 2 aromatic carbocycles. The molecule has 3 aromatic rings. The van der Waals surface area contributed by atoms with E-state index >= 15 is 0 Å². The van der Waals surface area contributed by atoms with Crippen LogP contribution in [0.25, 0.3) is 10.8 Å². The first-order chi connectivity index (χ1) is 12.1. The number of nitrogens with zero attached hydrogens (tertiary/aromatic N) is 4. The molecule has 3 rings (SSSR count). The lowest BCUT2D eigenvalue weighted by Gasteiger charge is -2.08. The molecule has 6 nitrogen and oxygen atoms in total. The molecule has 7 heteroatoms. The van der Waals surface area contributed by atoms with E-state index in [9.17, 15) is 4.79 Å². The molecule has 1 aromatic heterocycles. The lowest BCUT2D eigenvalue weighted by atomic mass is 10.0. The van der Waals surface area contributed by atoms with Crippen LogP contribution in [0.2, 0.25) is 0 Å². The Bertz CT molecular complexity index is 891. The maximum absolute atomic E-state index is 11.8. The van der Waals surface area contributed by atoms with Crippen LogP contribution in [0.15, 0.2) is 60.3 Å². The van der Waals surface area contributed by atoms with Crippen molar-refractivity contribution in [3.05, 3.63) is 60.7 Å². The molecule has 0 fully saturated rings. The van der Waals surface area contributed by atoms with Gasteiger partial charge in [-0.15, -0.1) is 12.4 Å². The Morgan fingerprint density at radius 1 is 1.19 bits per heavy atom. The van der Waals surface area contributed by atoms with Crippen LogP contribution in [0.4, 0.5) is 0 Å². The number of rotatable bonds is 6. The summed E-state index contributed by atoms with van der Waals surface area (Å²) in [5, 5.41) is 10.4. The van der Waals surface area contributed by atoms with Gasteiger partial charge in [0.15, 0.2) is 0 Å². The van der Waals surface area contributed by atoms with Crippen LogP contribution < -0.4 is 0 Å². The molecular weight excluding hydrogens is 352 g/mol. The summed E-state index contributed by atoms with van der Waals surface area (Å²) < 4.78 is 1.64. The molecule has 0 radical (unpaired) electrons. The van der Waals surface area contributed by atoms with Gasteiger partial charge in [0.05, 0.1) is 13.0 Å². The molecule has 0 saturated carbocycles. The zero-order chi connectivity index (χ0) is 17.6. The van der Waals surface area contributed by atoms with E-state index in [1.165, 1.54) is 6.33 Å². The predicted molar refractivity (Wildman–Crippen MR) is 103 cm³/mol. The summed E-state index contributed by atoms with van der Waals surface area (Å²) >= 11 is 0. The molecule has 0 aliphatic heterocycles. The van der Waals surface area contributed by atoms with Gasteiger partial charge in [-0.2, -0.15) is 5.10 Å². The molecule has 0 amide bonds. The summed E-state index contributed by atoms with van der Waals surface area (Å²) in [7, 11) is 0. The van der Waals surface area contributed by atoms with E-state index in [-0.39, 0.29) is 24.3 Å². The Balaban J connectivity index is 0.00000243. The van der Waals surface area contributed by atoms with Crippen molar-refractivity contribution in [1.29, 1.82) is 0 Å². The molecule has 0 atom stereocenters. The van der Waals surface area contributed by atoms with Crippen molar-refractivity contribution >= 4 is 34.9 Å². The molecule has 0 bridgehead atoms. The second kappa shape index (κ2) is 9.10. The molecule has 1 heterocycles. The van der Waals surface area contributed by atoms with Crippen molar-refractivity contribution in [2.24, 2.45) is 11.1 Å². The van der Waals surface area contributed by atoms with Gasteiger partial charge in [-0.1, -0.05) is 55.4 Å². The Kier molecular flexibility index (Phi) is 6.86. The van der Waals surface area contributed by atoms with E-state index in [1.54, 1.807) is 11.0 Å². The van der Waals surface area contributed by atoms with Crippen molar-refractivity contribution in [3.8, 4) is 0 Å². The van der Waals surface area contributed by atoms with Gasteiger partial charge in [0, 0.05) is 5.56 Å². The number of benzene rings is 2. The Labute approximate surface area is 158 Å². The highest BCUT2D eigenvalue weighted by atomic mass is 35.5. The van der Waals surface area contributed by atoms with Crippen LogP contribution in [0.3, 0.4) is 0 Å². The van der Waals surface area contributed by atoms with Crippen molar-refractivity contribution in [2.75, 3.05) is 0 Å². The Morgan fingerprint density at radius 2 is 1.96 bits per heavy atom. The molecular formula is C19H21ClN4O2. The van der Waals surface area contributed by atoms with Crippen molar-refractivity contribution in [3.63, 3.8) is 0 Å². The van der Waals surface area contributed by atoms with E-state index in [0.717, 1.165) is 16.3 Å². The van der Waals surface area contributed by atoms with Crippen LogP contribution in [0.1, 0.15) is 25.8 Å². The quantitative estimate of drug-likeness (QED) is 0.374. The van der Waals surface area contributed by atoms with Crippen molar-refractivity contribution in [1.82, 2.24) is 14.8 Å². The third-order valence-corrected chi connectivity index (χ3v) is 3.69. The van der Waals surface area contributed by atoms with Crippen LogP contribution >= 0.6 is 12.4 Å². The third-order valence-electron chi connectivity index (χ3n) is 3.69. The predicted octanol–water partition coefficient (Wildman–Crippen LogP) is 3.85. The molecule has 0 aliphatic carbocycles. The molecule has 0 unspecified atom stereocenters. The fraction of sp³-hybridized carbons (Fsp3) is 0.263. The average Bonchev–Trinajstić information content (AvgIpc) is 3.10. The first-order valence-corrected chi connectivity index (χ1v) is 8.20. The van der Waals surface area contributed by atoms with Crippen molar-refractivity contribution in [2.45, 2.75) is 26.8 Å². The van der Waals surface area contributed by atoms with Gasteiger partial charge in [-0.3, -0.25) is 0 Å². The second-order valence-electron chi connectivity index (χ2n) is 6.25. The largest absolute Gasteiger partial charge is 0.335 e. The van der Waals surface area contributed by atoms with E-state index in [4.69, 9.17) is 4.84 Å². The topological polar surface area (TPSA) is 69.4 Å². The first kappa shape index (κ1) is 19.6. The van der Waals surface area contributed by atoms with Gasteiger partial charge in [0.25, 0.3) is 0 Å². The lowest BCUT2D eigenvalue weighted by molar-refractivity contribution is -0.144. The van der Waals surface area contributed by atoms with Gasteiger partial charge in [-0.05, 0) is 22.8 Å². The molecule has 0 saturated heterocycles. The maximum atomic E-state index is 11.8. The average molecular weight is 373 g/mol. The SMILES string of the molecule is CC(C)CC(=O)O/N=C(\Cn1cncn1)c1ccc2ccccc2c1.Cl. The summed E-state index contributed by atoms with van der Waals surface area (Å²) in [5.41, 5.74) is 1.50. The van der Waals surface area contributed by atoms with Gasteiger partial charge < -0.3 is 4.84 Å². The minimum absolute atomic E-state index is 0. The van der Waals surface area contributed by atoms with Crippen molar-refractivity contribution < 1.29 is 9.63 Å². The monoisotopic (exact) mass is 372 g/mol. The first-order valence-electron chi connectivity index (χ1n) is 8.20. The highest BCUT2D eigenvalue weighted by Gasteiger charge is 2.11. The number of oxime groups is 1. The van der Waals surface area contributed by atoms with Gasteiger partial charge >= 0.3 is 5.97 Å². The fourth-order valence-electron chi connectivity index (χ4n) is 2.49. The summed E-state index contributed by atoms with van der Waals surface area (Å²) in [6.07, 6.45) is 3.40. The summed E-state index contributed by atoms with van der Waals surface area (Å²) in [5.74, 6) is -0.117. The summed E-state index contributed by atoms with van der Waals surface area (Å²) in [6, 6.07) is 14.1. The molecule has 0 aliphatic rings. The highest BCUT2D eigenvalue weighted by Crippen LogP contribution is 2.17. The third kappa shape index (κ3) is 5.13. The molecule has 136 valence electrons. The number of hydrogen-bond donors (Lipinski definition) is 0. The smallest absolute Gasteiger partial charge is 0.318 e. The summed E-state index contributed by atoms with van der Waals surface area (Å²) in [4.78, 5) is 20.9. The van der Waals surface area contributed by atoms with Gasteiger partial charge in [0.2, 0.25) is 0 Å². The fourth-order valence-corrected chi connectivity index (χ4v) is 2.49. The molecule has 0 spiro atoms. The minimum Gasteiger partial charge on any atom is -0.318 e. The molecule has 26 heavy (non-hydrogen) atoms. The number of carbonyl (C=O) groups is 1. The van der Waals surface area contributed by atoms with Gasteiger partial charge in [0.1, 0.15) is 18.4 Å². The lowest BCUT2D eigenvalue weighted by Crippen LogP contribution is -2.14. The van der Waals surface area contributed by atoms with E-state index in [2.05, 4.69) is 21.3 Å². The zero-order valence-corrected chi connectivity index (χ0v) is 15.5. The Morgan fingerprint density at radius 3 is 2.65 bits per heavy atom. The van der Waals surface area contributed by atoms with Crippen LogP contribution in [-0.4, -0.2) is 26.4 Å².